The van der Waals surface area contributed by atoms with Gasteiger partial charge in [0.2, 0.25) is 0 Å². The van der Waals surface area contributed by atoms with Crippen molar-refractivity contribution in [2.75, 3.05) is 19.6 Å². The van der Waals surface area contributed by atoms with E-state index in [4.69, 9.17) is 0 Å². The largest absolute Gasteiger partial charge is 0.300 e. The monoisotopic (exact) mass is 267 g/mol. The molecule has 1 heterocycles. The van der Waals surface area contributed by atoms with Crippen LogP contribution < -0.4 is 0 Å². The molecule has 0 unspecified atom stereocenters. The Hall–Kier alpha value is -1.60. The lowest BCUT2D eigenvalue weighted by atomic mass is 9.99. The van der Waals surface area contributed by atoms with Crippen molar-refractivity contribution in [1.82, 2.24) is 4.90 Å². The van der Waals surface area contributed by atoms with E-state index in [1.165, 1.54) is 37.1 Å². The highest BCUT2D eigenvalue weighted by molar-refractivity contribution is 5.75. The van der Waals surface area contributed by atoms with E-state index < -0.39 is 0 Å². The number of benzene rings is 1. The van der Waals surface area contributed by atoms with Gasteiger partial charge in [-0.3, -0.25) is 4.90 Å². The van der Waals surface area contributed by atoms with Crippen molar-refractivity contribution in [3.05, 3.63) is 66.8 Å². The highest BCUT2D eigenvalue weighted by Crippen LogP contribution is 2.17. The number of piperidine rings is 1. The predicted molar refractivity (Wildman–Crippen MR) is 88.6 cm³/mol. The average Bonchev–Trinajstić information content (AvgIpc) is 2.49. The quantitative estimate of drug-likeness (QED) is 0.708. The van der Waals surface area contributed by atoms with E-state index in [9.17, 15) is 0 Å². The third kappa shape index (κ3) is 4.50. The van der Waals surface area contributed by atoms with E-state index in [1.54, 1.807) is 0 Å². The molecule has 0 spiro atoms. The summed E-state index contributed by atoms with van der Waals surface area (Å²) in [5, 5.41) is 0. The Morgan fingerprint density at radius 2 is 1.95 bits per heavy atom. The minimum Gasteiger partial charge on any atom is -0.300 e. The number of hydrogen-bond acceptors (Lipinski definition) is 1. The molecule has 20 heavy (non-hydrogen) atoms. The minimum absolute atomic E-state index is 0.899. The summed E-state index contributed by atoms with van der Waals surface area (Å²) in [6.07, 6.45) is 11.1. The van der Waals surface area contributed by atoms with Crippen LogP contribution in [0.3, 0.4) is 0 Å². The predicted octanol–water partition coefficient (Wildman–Crippen LogP) is 4.54. The van der Waals surface area contributed by atoms with Gasteiger partial charge in [-0.25, -0.2) is 0 Å². The van der Waals surface area contributed by atoms with Gasteiger partial charge < -0.3 is 0 Å². The van der Waals surface area contributed by atoms with E-state index >= 15 is 0 Å². The van der Waals surface area contributed by atoms with Gasteiger partial charge in [-0.1, -0.05) is 68.1 Å². The first kappa shape index (κ1) is 14.8. The van der Waals surface area contributed by atoms with E-state index in [0.717, 1.165) is 12.5 Å². The van der Waals surface area contributed by atoms with Crippen molar-refractivity contribution in [2.45, 2.75) is 19.8 Å². The van der Waals surface area contributed by atoms with E-state index in [2.05, 4.69) is 60.9 Å². The molecule has 1 saturated heterocycles. The van der Waals surface area contributed by atoms with Gasteiger partial charge in [0.1, 0.15) is 0 Å². The molecule has 1 heteroatoms. The molecular formula is C19H25N. The Labute approximate surface area is 123 Å². The molecule has 0 N–H and O–H groups in total. The van der Waals surface area contributed by atoms with Gasteiger partial charge in [-0.05, 0) is 43.0 Å². The Morgan fingerprint density at radius 3 is 2.60 bits per heavy atom. The molecule has 1 aliphatic rings. The van der Waals surface area contributed by atoms with Crippen molar-refractivity contribution < 1.29 is 0 Å². The zero-order chi connectivity index (χ0) is 14.2. The van der Waals surface area contributed by atoms with Crippen LogP contribution in [-0.2, 0) is 0 Å². The standard InChI is InChI=1S/C19H25N/c1-3-8-18(19-9-5-4-6-10-19)11-7-14-20-15-12-17(2)13-16-20/h3-11,17H,1,12-16H2,2H3/b11-7-,18-8+. The molecule has 106 valence electrons. The molecule has 0 radical (unpaired) electrons. The second-order valence-electron chi connectivity index (χ2n) is 5.61. The topological polar surface area (TPSA) is 3.24 Å². The van der Waals surface area contributed by atoms with Gasteiger partial charge in [0.15, 0.2) is 0 Å². The molecule has 1 aromatic carbocycles. The maximum Gasteiger partial charge on any atom is 0.0166 e. The Bertz CT molecular complexity index is 462. The fourth-order valence-corrected chi connectivity index (χ4v) is 2.58. The normalized spacial score (nSPS) is 18.6. The second-order valence-corrected chi connectivity index (χ2v) is 5.61. The van der Waals surface area contributed by atoms with Crippen molar-refractivity contribution in [3.8, 4) is 0 Å². The first-order valence-corrected chi connectivity index (χ1v) is 7.56. The maximum atomic E-state index is 3.81. The van der Waals surface area contributed by atoms with Crippen LogP contribution in [0.2, 0.25) is 0 Å². The lowest BCUT2D eigenvalue weighted by Gasteiger charge is -2.29. The van der Waals surface area contributed by atoms with E-state index in [1.807, 2.05) is 12.1 Å². The van der Waals surface area contributed by atoms with Crippen molar-refractivity contribution in [3.63, 3.8) is 0 Å². The highest BCUT2D eigenvalue weighted by Gasteiger charge is 2.13. The van der Waals surface area contributed by atoms with Crippen molar-refractivity contribution in [1.29, 1.82) is 0 Å². The smallest absolute Gasteiger partial charge is 0.0166 e. The van der Waals surface area contributed by atoms with Crippen molar-refractivity contribution >= 4 is 5.57 Å². The van der Waals surface area contributed by atoms with Crippen LogP contribution in [0.5, 0.6) is 0 Å². The molecule has 1 nitrogen and oxygen atoms in total. The fraction of sp³-hybridized carbons (Fsp3) is 0.368. The summed E-state index contributed by atoms with van der Waals surface area (Å²) in [5.74, 6) is 0.899. The molecule has 1 fully saturated rings. The second kappa shape index (κ2) is 7.86. The van der Waals surface area contributed by atoms with Crippen LogP contribution in [0.15, 0.2) is 61.2 Å². The molecule has 1 aliphatic heterocycles. The number of nitrogens with zero attached hydrogens (tertiary/aromatic N) is 1. The SMILES string of the molecule is C=C/C=C(\C=C/CN1CCC(C)CC1)c1ccccc1. The molecule has 0 amide bonds. The van der Waals surface area contributed by atoms with Crippen LogP contribution >= 0.6 is 0 Å². The van der Waals surface area contributed by atoms with Gasteiger partial charge in [0, 0.05) is 6.54 Å². The van der Waals surface area contributed by atoms with Gasteiger partial charge in [-0.15, -0.1) is 0 Å². The third-order valence-corrected chi connectivity index (χ3v) is 3.94. The summed E-state index contributed by atoms with van der Waals surface area (Å²) in [6.45, 7) is 9.68. The molecule has 0 aliphatic carbocycles. The summed E-state index contributed by atoms with van der Waals surface area (Å²) in [5.41, 5.74) is 2.47. The van der Waals surface area contributed by atoms with Crippen LogP contribution in [0.4, 0.5) is 0 Å². The molecule has 0 saturated carbocycles. The highest BCUT2D eigenvalue weighted by atomic mass is 15.1. The summed E-state index contributed by atoms with van der Waals surface area (Å²) in [4.78, 5) is 2.53. The fourth-order valence-electron chi connectivity index (χ4n) is 2.58. The van der Waals surface area contributed by atoms with Crippen LogP contribution in [-0.4, -0.2) is 24.5 Å². The maximum absolute atomic E-state index is 3.81. The van der Waals surface area contributed by atoms with Gasteiger partial charge >= 0.3 is 0 Å². The van der Waals surface area contributed by atoms with E-state index in [-0.39, 0.29) is 0 Å². The molecular weight excluding hydrogens is 242 g/mol. The third-order valence-electron chi connectivity index (χ3n) is 3.94. The lowest BCUT2D eigenvalue weighted by Crippen LogP contribution is -2.32. The Balaban J connectivity index is 1.94. The molecule has 0 atom stereocenters. The number of likely N-dealkylation sites (tertiary alicyclic amines) is 1. The molecule has 2 rings (SSSR count). The van der Waals surface area contributed by atoms with E-state index in [0.29, 0.717) is 0 Å². The first-order chi connectivity index (χ1) is 9.79. The van der Waals surface area contributed by atoms with Crippen LogP contribution in [0.25, 0.3) is 5.57 Å². The first-order valence-electron chi connectivity index (χ1n) is 7.56. The van der Waals surface area contributed by atoms with Gasteiger partial charge in [0.05, 0.1) is 0 Å². The summed E-state index contributed by atoms with van der Waals surface area (Å²) in [6, 6.07) is 10.5. The average molecular weight is 267 g/mol. The Kier molecular flexibility index (Phi) is 5.82. The lowest BCUT2D eigenvalue weighted by molar-refractivity contribution is 0.210. The minimum atomic E-state index is 0.899. The summed E-state index contributed by atoms with van der Waals surface area (Å²) in [7, 11) is 0. The number of allylic oxidation sites excluding steroid dienone is 4. The number of rotatable bonds is 5. The zero-order valence-corrected chi connectivity index (χ0v) is 12.5. The summed E-state index contributed by atoms with van der Waals surface area (Å²) >= 11 is 0. The van der Waals surface area contributed by atoms with Crippen molar-refractivity contribution in [2.24, 2.45) is 5.92 Å². The van der Waals surface area contributed by atoms with Crippen LogP contribution in [0, 0.1) is 5.92 Å². The molecule has 0 bridgehead atoms. The number of hydrogen-bond donors (Lipinski definition) is 0. The zero-order valence-electron chi connectivity index (χ0n) is 12.5. The van der Waals surface area contributed by atoms with Crippen LogP contribution in [0.1, 0.15) is 25.3 Å². The van der Waals surface area contributed by atoms with Gasteiger partial charge in [0.25, 0.3) is 0 Å². The summed E-state index contributed by atoms with van der Waals surface area (Å²) < 4.78 is 0. The molecule has 0 aromatic heterocycles. The molecule has 1 aromatic rings. The Morgan fingerprint density at radius 1 is 1.25 bits per heavy atom. The van der Waals surface area contributed by atoms with Gasteiger partial charge in [-0.2, -0.15) is 0 Å².